The average molecular weight is 404 g/mol. The highest BCUT2D eigenvalue weighted by atomic mass is 32.2. The van der Waals surface area contributed by atoms with E-state index in [4.69, 9.17) is 13.7 Å². The summed E-state index contributed by atoms with van der Waals surface area (Å²) in [6, 6.07) is 14.3. The van der Waals surface area contributed by atoms with Crippen molar-refractivity contribution in [3.63, 3.8) is 0 Å². The molecule has 7 heteroatoms. The van der Waals surface area contributed by atoms with Crippen LogP contribution in [0, 0.1) is 0 Å². The van der Waals surface area contributed by atoms with Gasteiger partial charge in [-0.1, -0.05) is 44.2 Å². The molecule has 4 rings (SSSR count). The van der Waals surface area contributed by atoms with E-state index < -0.39 is 10.1 Å². The van der Waals surface area contributed by atoms with Crippen molar-refractivity contribution < 1.29 is 22.1 Å². The van der Waals surface area contributed by atoms with Crippen LogP contribution >= 0.6 is 0 Å². The summed E-state index contributed by atoms with van der Waals surface area (Å²) in [5, 5.41) is 0. The molecule has 0 radical (unpaired) electrons. The van der Waals surface area contributed by atoms with Gasteiger partial charge in [0.2, 0.25) is 0 Å². The zero-order valence-electron chi connectivity index (χ0n) is 16.1. The first-order valence-electron chi connectivity index (χ1n) is 9.44. The summed E-state index contributed by atoms with van der Waals surface area (Å²) in [6.45, 7) is 7.24. The van der Waals surface area contributed by atoms with E-state index in [1.165, 1.54) is 0 Å². The number of rotatable bonds is 5. The van der Waals surface area contributed by atoms with Crippen molar-refractivity contribution in [3.8, 4) is 11.5 Å². The second-order valence-corrected chi connectivity index (χ2v) is 9.34. The Balaban J connectivity index is 1.53. The molecule has 1 saturated heterocycles. The average Bonchev–Trinajstić information content (AvgIpc) is 2.93. The summed E-state index contributed by atoms with van der Waals surface area (Å²) in [6.07, 6.45) is -0.109. The number of nitrogens with zero attached hydrogens (tertiary/aromatic N) is 1. The van der Waals surface area contributed by atoms with Gasteiger partial charge in [0.15, 0.2) is 6.23 Å². The van der Waals surface area contributed by atoms with Crippen molar-refractivity contribution in [2.75, 3.05) is 26.3 Å². The van der Waals surface area contributed by atoms with Crippen LogP contribution in [0.5, 0.6) is 11.5 Å². The minimum atomic E-state index is -3.74. The molecule has 1 atom stereocenters. The second-order valence-electron chi connectivity index (χ2n) is 7.77. The van der Waals surface area contributed by atoms with Crippen molar-refractivity contribution in [3.05, 3.63) is 59.7 Å². The van der Waals surface area contributed by atoms with Gasteiger partial charge in [0.25, 0.3) is 0 Å². The Kier molecular flexibility index (Phi) is 5.07. The summed E-state index contributed by atoms with van der Waals surface area (Å²) in [4.78, 5) is 2.27. The standard InChI is InChI=1S/C21H25NO5S/c1-21(2)18-14-17(27-28(23,24)15-16-6-4-3-5-7-16)8-9-19(18)26-20(21)22-10-12-25-13-11-22/h3-9,14,20H,10-13,15H2,1-2H3. The Morgan fingerprint density at radius 3 is 2.54 bits per heavy atom. The third-order valence-corrected chi connectivity index (χ3v) is 6.42. The number of fused-ring (bicyclic) bond motifs is 1. The Morgan fingerprint density at radius 2 is 1.82 bits per heavy atom. The van der Waals surface area contributed by atoms with Crippen LogP contribution < -0.4 is 8.92 Å². The molecule has 2 aliphatic rings. The van der Waals surface area contributed by atoms with Crippen molar-refractivity contribution in [1.29, 1.82) is 0 Å². The molecule has 2 aromatic rings. The molecule has 2 aliphatic heterocycles. The lowest BCUT2D eigenvalue weighted by Crippen LogP contribution is -2.52. The van der Waals surface area contributed by atoms with Crippen LogP contribution in [0.1, 0.15) is 25.0 Å². The van der Waals surface area contributed by atoms with Crippen molar-refractivity contribution >= 4 is 10.1 Å². The summed E-state index contributed by atoms with van der Waals surface area (Å²) in [5.41, 5.74) is 1.35. The molecule has 150 valence electrons. The molecule has 28 heavy (non-hydrogen) atoms. The number of morpholine rings is 1. The molecular formula is C21H25NO5S. The van der Waals surface area contributed by atoms with E-state index in [9.17, 15) is 8.42 Å². The number of hydrogen-bond acceptors (Lipinski definition) is 6. The highest BCUT2D eigenvalue weighted by Crippen LogP contribution is 2.45. The number of ether oxygens (including phenoxy) is 2. The van der Waals surface area contributed by atoms with Gasteiger partial charge in [-0.15, -0.1) is 0 Å². The van der Waals surface area contributed by atoms with Gasteiger partial charge in [-0.2, -0.15) is 8.42 Å². The maximum atomic E-state index is 12.5. The van der Waals surface area contributed by atoms with Crippen molar-refractivity contribution in [2.24, 2.45) is 0 Å². The van der Waals surface area contributed by atoms with Crippen LogP contribution in [-0.4, -0.2) is 45.8 Å². The maximum absolute atomic E-state index is 12.5. The summed E-state index contributed by atoms with van der Waals surface area (Å²) in [7, 11) is -3.74. The quantitative estimate of drug-likeness (QED) is 0.716. The highest BCUT2D eigenvalue weighted by Gasteiger charge is 2.45. The molecule has 0 amide bonds. The topological polar surface area (TPSA) is 65.1 Å². The molecule has 0 aromatic heterocycles. The van der Waals surface area contributed by atoms with E-state index in [0.717, 1.165) is 24.4 Å². The Morgan fingerprint density at radius 1 is 1.11 bits per heavy atom. The molecular weight excluding hydrogens is 378 g/mol. The lowest BCUT2D eigenvalue weighted by molar-refractivity contribution is -0.0612. The predicted molar refractivity (Wildman–Crippen MR) is 106 cm³/mol. The van der Waals surface area contributed by atoms with Gasteiger partial charge in [0.05, 0.1) is 13.2 Å². The molecule has 0 bridgehead atoms. The molecule has 0 N–H and O–H groups in total. The van der Waals surface area contributed by atoms with E-state index in [2.05, 4.69) is 18.7 Å². The molecule has 1 unspecified atom stereocenters. The SMILES string of the molecule is CC1(C)c2cc(OS(=O)(=O)Cc3ccccc3)ccc2OC1N1CCOCC1. The Hall–Kier alpha value is -2.09. The molecule has 2 heterocycles. The third kappa shape index (κ3) is 3.87. The largest absolute Gasteiger partial charge is 0.474 e. The summed E-state index contributed by atoms with van der Waals surface area (Å²) < 4.78 is 42.0. The van der Waals surface area contributed by atoms with Gasteiger partial charge in [-0.3, -0.25) is 4.90 Å². The zero-order chi connectivity index (χ0) is 19.8. The molecule has 2 aromatic carbocycles. The second kappa shape index (κ2) is 7.39. The van der Waals surface area contributed by atoms with Crippen LogP contribution in [0.25, 0.3) is 0 Å². The fourth-order valence-corrected chi connectivity index (χ4v) is 4.92. The summed E-state index contributed by atoms with van der Waals surface area (Å²) >= 11 is 0. The normalized spacial score (nSPS) is 21.7. The van der Waals surface area contributed by atoms with Gasteiger partial charge in [0.1, 0.15) is 17.3 Å². The Labute approximate surface area is 166 Å². The fraction of sp³-hybridized carbons (Fsp3) is 0.429. The van der Waals surface area contributed by atoms with Gasteiger partial charge in [-0.05, 0) is 23.8 Å². The predicted octanol–water partition coefficient (Wildman–Crippen LogP) is 2.92. The monoisotopic (exact) mass is 403 g/mol. The van der Waals surface area contributed by atoms with E-state index in [-0.39, 0.29) is 17.4 Å². The first-order chi connectivity index (χ1) is 13.4. The van der Waals surface area contributed by atoms with Crippen LogP contribution in [0.2, 0.25) is 0 Å². The molecule has 0 spiro atoms. The van der Waals surface area contributed by atoms with Crippen molar-refractivity contribution in [2.45, 2.75) is 31.2 Å². The fourth-order valence-electron chi connectivity index (χ4n) is 3.87. The molecule has 0 aliphatic carbocycles. The van der Waals surface area contributed by atoms with E-state index >= 15 is 0 Å². The van der Waals surface area contributed by atoms with Crippen LogP contribution in [0.3, 0.4) is 0 Å². The smallest absolute Gasteiger partial charge is 0.313 e. The van der Waals surface area contributed by atoms with Crippen molar-refractivity contribution in [1.82, 2.24) is 4.90 Å². The molecule has 6 nitrogen and oxygen atoms in total. The highest BCUT2D eigenvalue weighted by molar-refractivity contribution is 7.86. The van der Waals surface area contributed by atoms with E-state index in [0.29, 0.717) is 24.5 Å². The lowest BCUT2D eigenvalue weighted by Gasteiger charge is -2.38. The van der Waals surface area contributed by atoms with Gasteiger partial charge < -0.3 is 13.7 Å². The Bertz CT molecular complexity index is 937. The van der Waals surface area contributed by atoms with Gasteiger partial charge >= 0.3 is 10.1 Å². The molecule has 0 saturated carbocycles. The van der Waals surface area contributed by atoms with Crippen LogP contribution in [-0.2, 0) is 26.0 Å². The minimum absolute atomic E-state index is 0.109. The lowest BCUT2D eigenvalue weighted by atomic mass is 9.83. The minimum Gasteiger partial charge on any atom is -0.474 e. The van der Waals surface area contributed by atoms with Crippen LogP contribution in [0.15, 0.2) is 48.5 Å². The van der Waals surface area contributed by atoms with Crippen LogP contribution in [0.4, 0.5) is 0 Å². The first-order valence-corrected chi connectivity index (χ1v) is 11.0. The zero-order valence-corrected chi connectivity index (χ0v) is 16.9. The van der Waals surface area contributed by atoms with E-state index in [1.54, 1.807) is 30.3 Å². The number of benzene rings is 2. The van der Waals surface area contributed by atoms with Gasteiger partial charge in [0, 0.05) is 24.1 Å². The maximum Gasteiger partial charge on any atom is 0.313 e. The number of hydrogen-bond donors (Lipinski definition) is 0. The first kappa shape index (κ1) is 19.2. The third-order valence-electron chi connectivity index (χ3n) is 5.29. The molecule has 1 fully saturated rings. The van der Waals surface area contributed by atoms with Gasteiger partial charge in [-0.25, -0.2) is 0 Å². The summed E-state index contributed by atoms with van der Waals surface area (Å²) in [5.74, 6) is 0.921. The van der Waals surface area contributed by atoms with E-state index in [1.807, 2.05) is 18.2 Å².